The number of ketones is 3. The molecule has 0 radical (unpaired) electrons. The number of aliphatic hydroxyl groups is 1. The van der Waals surface area contributed by atoms with E-state index in [4.69, 9.17) is 0 Å². The third-order valence-electron chi connectivity index (χ3n) is 10.8. The van der Waals surface area contributed by atoms with Crippen LogP contribution in [-0.4, -0.2) is 32.7 Å². The molecule has 2 fully saturated rings. The molecule has 0 heterocycles. The summed E-state index contributed by atoms with van der Waals surface area (Å²) in [7, 11) is 0. The molecule has 2 saturated carbocycles. The maximum absolute atomic E-state index is 15.2. The van der Waals surface area contributed by atoms with Crippen molar-refractivity contribution in [2.45, 2.75) is 121 Å². The highest BCUT2D eigenvalue weighted by atomic mass is 16.3. The Labute approximate surface area is 294 Å². The van der Waals surface area contributed by atoms with Gasteiger partial charge in [-0.2, -0.15) is 0 Å². The number of allylic oxidation sites excluding steroid dienone is 11. The summed E-state index contributed by atoms with van der Waals surface area (Å²) in [5.41, 5.74) is 1.27. The first-order valence-electron chi connectivity index (χ1n) is 17.6. The summed E-state index contributed by atoms with van der Waals surface area (Å²) in [5.74, 6) is -3.36. The Hall–Kier alpha value is -3.93. The normalized spacial score (nSPS) is 24.8. The maximum Gasteiger partial charge on any atom is 0.184 e. The van der Waals surface area contributed by atoms with E-state index in [0.717, 1.165) is 42.9 Å². The number of carbonyl (C=O) groups is 3. The molecule has 3 N–H and O–H groups in total. The number of benzene rings is 1. The van der Waals surface area contributed by atoms with E-state index >= 15 is 9.59 Å². The van der Waals surface area contributed by atoms with E-state index < -0.39 is 50.6 Å². The first-order valence-corrected chi connectivity index (χ1v) is 17.6. The van der Waals surface area contributed by atoms with Gasteiger partial charge in [0.15, 0.2) is 28.8 Å². The Balaban J connectivity index is 2.32. The molecule has 6 nitrogen and oxygen atoms in total. The molecule has 6 heteroatoms. The molecule has 0 aliphatic heterocycles. The van der Waals surface area contributed by atoms with E-state index in [0.29, 0.717) is 6.42 Å². The molecule has 2 aliphatic carbocycles. The molecule has 3 atom stereocenters. The van der Waals surface area contributed by atoms with Crippen molar-refractivity contribution in [3.63, 3.8) is 0 Å². The number of phenols is 2. The molecule has 2 aliphatic rings. The van der Waals surface area contributed by atoms with Gasteiger partial charge in [-0.05, 0) is 136 Å². The van der Waals surface area contributed by atoms with E-state index in [9.17, 15) is 20.1 Å². The number of aliphatic hydroxyl groups excluding tert-OH is 1. The summed E-state index contributed by atoms with van der Waals surface area (Å²) in [6.07, 6.45) is 15.0. The molecule has 0 aromatic heterocycles. The fourth-order valence-electron chi connectivity index (χ4n) is 7.52. The summed E-state index contributed by atoms with van der Waals surface area (Å²) in [4.78, 5) is 45.1. The van der Waals surface area contributed by atoms with Gasteiger partial charge in [0.05, 0.1) is 5.41 Å². The van der Waals surface area contributed by atoms with Crippen LogP contribution in [0.4, 0.5) is 0 Å². The van der Waals surface area contributed by atoms with Crippen molar-refractivity contribution < 1.29 is 29.7 Å². The zero-order chi connectivity index (χ0) is 36.9. The lowest BCUT2D eigenvalue weighted by atomic mass is 9.38. The number of rotatable bonds is 13. The van der Waals surface area contributed by atoms with Gasteiger partial charge in [-0.1, -0.05) is 72.1 Å². The van der Waals surface area contributed by atoms with Gasteiger partial charge in [0.1, 0.15) is 16.7 Å². The van der Waals surface area contributed by atoms with E-state index in [2.05, 4.69) is 52.8 Å². The second kappa shape index (κ2) is 15.7. The molecule has 1 aromatic carbocycles. The number of phenolic OH excluding ortho intramolecular Hbond substituents is 2. The first-order chi connectivity index (χ1) is 22.8. The SMILES string of the molecule is CC(C)=CCC/C(C)=C\C[C@@H]1C[C@]2(C/C=C(\C)CCC=C(C)C)C(=O)C(=C(O)c3ccc(O)c(O)c3)C(=O)[C@@](CC=C(C)C)(C2=O)C1(C)C. The standard InChI is InChI=1S/C43H58O6/c1-27(2)13-11-15-30(7)17-19-33-26-42(23-22-31(8)16-12-14-28(3)4)38(47)36(37(46)32-18-20-34(44)35(45)25-32)39(48)43(40(42)49,41(33,9)10)24-21-29(5)6/h13-14,17-18,20-22,25,33,44-46H,11-12,15-16,19,23-24,26H2,1-10H3/b30-17-,31-22+,37-36?/t33-,42-,43+/m1/s1. The van der Waals surface area contributed by atoms with Gasteiger partial charge in [-0.3, -0.25) is 14.4 Å². The quantitative estimate of drug-likeness (QED) is 0.0481. The molecule has 0 unspecified atom stereocenters. The van der Waals surface area contributed by atoms with Crippen LogP contribution in [0.25, 0.3) is 5.76 Å². The van der Waals surface area contributed by atoms with Crippen molar-refractivity contribution in [3.05, 3.63) is 87.6 Å². The van der Waals surface area contributed by atoms with Crippen molar-refractivity contribution in [3.8, 4) is 11.5 Å². The predicted octanol–water partition coefficient (Wildman–Crippen LogP) is 10.6. The molecule has 49 heavy (non-hydrogen) atoms. The second-order valence-corrected chi connectivity index (χ2v) is 15.7. The van der Waals surface area contributed by atoms with E-state index in [-0.39, 0.29) is 36.5 Å². The molecular formula is C43H58O6. The summed E-state index contributed by atoms with van der Waals surface area (Å²) in [5, 5.41) is 31.9. The number of fused-ring (bicyclic) bond motifs is 2. The molecule has 0 spiro atoms. The Bertz CT molecular complexity index is 1650. The number of aromatic hydroxyl groups is 2. The van der Waals surface area contributed by atoms with Crippen LogP contribution in [0.2, 0.25) is 0 Å². The van der Waals surface area contributed by atoms with Crippen molar-refractivity contribution >= 4 is 23.1 Å². The smallest absolute Gasteiger partial charge is 0.184 e. The van der Waals surface area contributed by atoms with Gasteiger partial charge >= 0.3 is 0 Å². The fourth-order valence-corrected chi connectivity index (χ4v) is 7.52. The van der Waals surface area contributed by atoms with E-state index in [1.54, 1.807) is 0 Å². The minimum atomic E-state index is -1.61. The number of Topliss-reactive ketones (excluding diaryl/α,β-unsaturated/α-hetero) is 3. The Morgan fingerprint density at radius 3 is 1.82 bits per heavy atom. The van der Waals surface area contributed by atoms with Crippen LogP contribution >= 0.6 is 0 Å². The van der Waals surface area contributed by atoms with Crippen molar-refractivity contribution in [2.24, 2.45) is 22.2 Å². The highest BCUT2D eigenvalue weighted by Crippen LogP contribution is 2.65. The van der Waals surface area contributed by atoms with E-state index in [1.165, 1.54) is 28.9 Å². The molecule has 3 rings (SSSR count). The van der Waals surface area contributed by atoms with Crippen LogP contribution in [0.5, 0.6) is 11.5 Å². The van der Waals surface area contributed by atoms with E-state index in [1.807, 2.05) is 46.8 Å². The van der Waals surface area contributed by atoms with Gasteiger partial charge < -0.3 is 15.3 Å². The zero-order valence-corrected chi connectivity index (χ0v) is 31.4. The maximum atomic E-state index is 15.2. The minimum Gasteiger partial charge on any atom is -0.506 e. The molecule has 1 aromatic rings. The highest BCUT2D eigenvalue weighted by Gasteiger charge is 2.73. The summed E-state index contributed by atoms with van der Waals surface area (Å²) < 4.78 is 0. The predicted molar refractivity (Wildman–Crippen MR) is 199 cm³/mol. The van der Waals surface area contributed by atoms with Crippen molar-refractivity contribution in [1.82, 2.24) is 0 Å². The Morgan fingerprint density at radius 2 is 1.29 bits per heavy atom. The van der Waals surface area contributed by atoms with Crippen LogP contribution in [0.3, 0.4) is 0 Å². The van der Waals surface area contributed by atoms with Crippen LogP contribution in [0.15, 0.2) is 82.0 Å². The molecule has 0 saturated heterocycles. The van der Waals surface area contributed by atoms with Gasteiger partial charge in [0, 0.05) is 5.56 Å². The lowest BCUT2D eigenvalue weighted by Gasteiger charge is -2.60. The van der Waals surface area contributed by atoms with Gasteiger partial charge in [0.2, 0.25) is 0 Å². The average molecular weight is 671 g/mol. The average Bonchev–Trinajstić information content (AvgIpc) is 3.00. The summed E-state index contributed by atoms with van der Waals surface area (Å²) in [6, 6.07) is 3.68. The lowest BCUT2D eigenvalue weighted by molar-refractivity contribution is -0.176. The third-order valence-corrected chi connectivity index (χ3v) is 10.8. The molecular weight excluding hydrogens is 612 g/mol. The van der Waals surface area contributed by atoms with Crippen molar-refractivity contribution in [2.75, 3.05) is 0 Å². The van der Waals surface area contributed by atoms with Crippen LogP contribution in [0, 0.1) is 22.2 Å². The fraction of sp³-hybridized carbons (Fsp3) is 0.512. The van der Waals surface area contributed by atoms with Gasteiger partial charge in [-0.15, -0.1) is 0 Å². The molecule has 2 bridgehead atoms. The van der Waals surface area contributed by atoms with Crippen LogP contribution in [0.1, 0.15) is 126 Å². The van der Waals surface area contributed by atoms with Crippen LogP contribution in [-0.2, 0) is 14.4 Å². The summed E-state index contributed by atoms with van der Waals surface area (Å²) in [6.45, 7) is 20.2. The first kappa shape index (κ1) is 39.5. The minimum absolute atomic E-state index is 0.0182. The molecule has 0 amide bonds. The lowest BCUT2D eigenvalue weighted by Crippen LogP contribution is -2.69. The summed E-state index contributed by atoms with van der Waals surface area (Å²) >= 11 is 0. The number of carbonyl (C=O) groups excluding carboxylic acids is 3. The van der Waals surface area contributed by atoms with Gasteiger partial charge in [-0.25, -0.2) is 0 Å². The van der Waals surface area contributed by atoms with Gasteiger partial charge in [0.25, 0.3) is 0 Å². The van der Waals surface area contributed by atoms with Crippen LogP contribution < -0.4 is 0 Å². The monoisotopic (exact) mass is 670 g/mol. The largest absolute Gasteiger partial charge is 0.506 e. The molecule has 266 valence electrons. The highest BCUT2D eigenvalue weighted by molar-refractivity contribution is 6.41. The Morgan fingerprint density at radius 1 is 0.735 bits per heavy atom. The second-order valence-electron chi connectivity index (χ2n) is 15.7. The third kappa shape index (κ3) is 8.11. The Kier molecular flexibility index (Phi) is 12.7. The zero-order valence-electron chi connectivity index (χ0n) is 31.4. The van der Waals surface area contributed by atoms with Crippen molar-refractivity contribution in [1.29, 1.82) is 0 Å². The number of hydrogen-bond acceptors (Lipinski definition) is 6. The topological polar surface area (TPSA) is 112 Å². The number of hydrogen-bond donors (Lipinski definition) is 3.